The van der Waals surface area contributed by atoms with Gasteiger partial charge in [0.1, 0.15) is 11.6 Å². The monoisotopic (exact) mass is 478 g/mol. The van der Waals surface area contributed by atoms with Crippen LogP contribution in [0.4, 0.5) is 5.69 Å². The number of rotatable bonds is 6. The number of nitrogens with zero attached hydrogens (tertiary/aromatic N) is 1. The molecule has 5 heteroatoms. The van der Waals surface area contributed by atoms with Crippen LogP contribution >= 0.6 is 27.5 Å². The highest BCUT2D eigenvalue weighted by Gasteiger charge is 2.12. The molecular formula is C25H20BrClN2O. The highest BCUT2D eigenvalue weighted by molar-refractivity contribution is 9.10. The van der Waals surface area contributed by atoms with Crippen LogP contribution in [0.3, 0.4) is 0 Å². The fraction of sp³-hybridized carbons (Fsp3) is 0.120. The molecule has 0 fully saturated rings. The second kappa shape index (κ2) is 10.2. The van der Waals surface area contributed by atoms with Crippen LogP contribution in [0.15, 0.2) is 76.8 Å². The molecular weight excluding hydrogens is 460 g/mol. The second-order valence-corrected chi connectivity index (χ2v) is 8.08. The number of nitrogens with one attached hydrogen (secondary N) is 1. The average molecular weight is 480 g/mol. The van der Waals surface area contributed by atoms with Gasteiger partial charge in [0.15, 0.2) is 0 Å². The van der Waals surface area contributed by atoms with Gasteiger partial charge in [0.2, 0.25) is 0 Å². The summed E-state index contributed by atoms with van der Waals surface area (Å²) in [6, 6.07) is 23.1. The van der Waals surface area contributed by atoms with Crippen molar-refractivity contribution in [3.8, 4) is 6.07 Å². The predicted octanol–water partition coefficient (Wildman–Crippen LogP) is 6.80. The maximum Gasteiger partial charge on any atom is 0.266 e. The Balaban J connectivity index is 1.89. The Bertz CT molecular complexity index is 1130. The number of aryl methyl sites for hydroxylation is 1. The quantitative estimate of drug-likeness (QED) is 0.312. The van der Waals surface area contributed by atoms with Gasteiger partial charge in [-0.15, -0.1) is 0 Å². The van der Waals surface area contributed by atoms with Crippen molar-refractivity contribution in [2.45, 2.75) is 19.8 Å². The van der Waals surface area contributed by atoms with Gasteiger partial charge in [0, 0.05) is 15.2 Å². The standard InChI is InChI=1S/C25H20BrClN2O/c1-2-17-7-11-23(12-8-17)29-25(30)21(16-28)14-20-15-22(27)10-9-18(20)13-19-5-3-4-6-24(19)26/h3-12,14-15H,2,13H2,1H3,(H,29,30)/b21-14+. The van der Waals surface area contributed by atoms with Crippen molar-refractivity contribution in [1.29, 1.82) is 5.26 Å². The minimum Gasteiger partial charge on any atom is -0.321 e. The molecule has 0 unspecified atom stereocenters. The lowest BCUT2D eigenvalue weighted by Gasteiger charge is -2.10. The zero-order valence-electron chi connectivity index (χ0n) is 16.5. The number of hydrogen-bond acceptors (Lipinski definition) is 2. The molecule has 0 aliphatic carbocycles. The fourth-order valence-corrected chi connectivity index (χ4v) is 3.64. The first-order valence-electron chi connectivity index (χ1n) is 9.54. The molecule has 0 heterocycles. The lowest BCUT2D eigenvalue weighted by Crippen LogP contribution is -2.13. The van der Waals surface area contributed by atoms with E-state index < -0.39 is 5.91 Å². The first-order valence-corrected chi connectivity index (χ1v) is 10.7. The summed E-state index contributed by atoms with van der Waals surface area (Å²) in [5.41, 5.74) is 4.67. The molecule has 0 spiro atoms. The summed E-state index contributed by atoms with van der Waals surface area (Å²) in [6.07, 6.45) is 3.16. The molecule has 0 saturated heterocycles. The van der Waals surface area contributed by atoms with Crippen molar-refractivity contribution in [3.63, 3.8) is 0 Å². The number of halogens is 2. The van der Waals surface area contributed by atoms with Crippen molar-refractivity contribution < 1.29 is 4.79 Å². The molecule has 0 bridgehead atoms. The van der Waals surface area contributed by atoms with Gasteiger partial charge in [0.05, 0.1) is 0 Å². The summed E-state index contributed by atoms with van der Waals surface area (Å²) in [6.45, 7) is 2.07. The highest BCUT2D eigenvalue weighted by Crippen LogP contribution is 2.25. The van der Waals surface area contributed by atoms with Crippen LogP contribution in [0.2, 0.25) is 5.02 Å². The van der Waals surface area contributed by atoms with E-state index in [1.165, 1.54) is 5.56 Å². The second-order valence-electron chi connectivity index (χ2n) is 6.79. The topological polar surface area (TPSA) is 52.9 Å². The highest BCUT2D eigenvalue weighted by atomic mass is 79.9. The first kappa shape index (κ1) is 21.8. The zero-order valence-corrected chi connectivity index (χ0v) is 18.8. The third-order valence-electron chi connectivity index (χ3n) is 4.73. The van der Waals surface area contributed by atoms with Crippen LogP contribution in [0.5, 0.6) is 0 Å². The van der Waals surface area contributed by atoms with Gasteiger partial charge in [-0.2, -0.15) is 5.26 Å². The number of carbonyl (C=O) groups excluding carboxylic acids is 1. The molecule has 1 amide bonds. The molecule has 3 aromatic rings. The van der Waals surface area contributed by atoms with E-state index in [1.807, 2.05) is 66.7 Å². The molecule has 0 aromatic heterocycles. The summed E-state index contributed by atoms with van der Waals surface area (Å²) in [5.74, 6) is -0.450. The molecule has 0 aliphatic heterocycles. The van der Waals surface area contributed by atoms with Gasteiger partial charge in [-0.3, -0.25) is 4.79 Å². The van der Waals surface area contributed by atoms with Crippen LogP contribution in [0, 0.1) is 11.3 Å². The Kier molecular flexibility index (Phi) is 7.46. The van der Waals surface area contributed by atoms with E-state index in [1.54, 1.807) is 12.1 Å². The van der Waals surface area contributed by atoms with Gasteiger partial charge in [-0.1, -0.05) is 70.9 Å². The number of carbonyl (C=O) groups is 1. The molecule has 0 radical (unpaired) electrons. The maximum atomic E-state index is 12.7. The molecule has 1 N–H and O–H groups in total. The molecule has 3 rings (SSSR count). The van der Waals surface area contributed by atoms with E-state index >= 15 is 0 Å². The van der Waals surface area contributed by atoms with Crippen LogP contribution < -0.4 is 5.32 Å². The summed E-state index contributed by atoms with van der Waals surface area (Å²) in [5, 5.41) is 12.9. The fourth-order valence-electron chi connectivity index (χ4n) is 3.03. The maximum absolute atomic E-state index is 12.7. The molecule has 0 aliphatic rings. The third-order valence-corrected chi connectivity index (χ3v) is 5.74. The summed E-state index contributed by atoms with van der Waals surface area (Å²) >= 11 is 9.76. The van der Waals surface area contributed by atoms with Crippen LogP contribution in [-0.4, -0.2) is 5.91 Å². The van der Waals surface area contributed by atoms with Crippen molar-refractivity contribution in [1.82, 2.24) is 0 Å². The van der Waals surface area contributed by atoms with Crippen molar-refractivity contribution >= 4 is 45.2 Å². The summed E-state index contributed by atoms with van der Waals surface area (Å²) in [4.78, 5) is 12.7. The largest absolute Gasteiger partial charge is 0.321 e. The smallest absolute Gasteiger partial charge is 0.266 e. The van der Waals surface area contributed by atoms with E-state index in [0.29, 0.717) is 17.1 Å². The van der Waals surface area contributed by atoms with Gasteiger partial charge >= 0.3 is 0 Å². The van der Waals surface area contributed by atoms with Crippen molar-refractivity contribution in [2.24, 2.45) is 0 Å². The number of benzene rings is 3. The first-order chi connectivity index (χ1) is 14.5. The zero-order chi connectivity index (χ0) is 21.5. The van der Waals surface area contributed by atoms with E-state index in [0.717, 1.165) is 27.6 Å². The van der Waals surface area contributed by atoms with E-state index in [2.05, 4.69) is 28.2 Å². The Hall–Kier alpha value is -2.87. The SMILES string of the molecule is CCc1ccc(NC(=O)/C(C#N)=C/c2cc(Cl)ccc2Cc2ccccc2Br)cc1. The Labute approximate surface area is 190 Å². The lowest BCUT2D eigenvalue weighted by atomic mass is 9.98. The van der Waals surface area contributed by atoms with Gasteiger partial charge in [-0.25, -0.2) is 0 Å². The van der Waals surface area contributed by atoms with Crippen molar-refractivity contribution in [2.75, 3.05) is 5.32 Å². The number of nitriles is 1. The van der Waals surface area contributed by atoms with Crippen LogP contribution in [-0.2, 0) is 17.6 Å². The third kappa shape index (κ3) is 5.60. The number of hydrogen-bond donors (Lipinski definition) is 1. The van der Waals surface area contributed by atoms with E-state index in [4.69, 9.17) is 11.6 Å². The molecule has 30 heavy (non-hydrogen) atoms. The molecule has 0 saturated carbocycles. The van der Waals surface area contributed by atoms with E-state index in [-0.39, 0.29) is 5.57 Å². The minimum absolute atomic E-state index is 0.0187. The molecule has 3 nitrogen and oxygen atoms in total. The predicted molar refractivity (Wildman–Crippen MR) is 126 cm³/mol. The summed E-state index contributed by atoms with van der Waals surface area (Å²) in [7, 11) is 0. The van der Waals surface area contributed by atoms with Gasteiger partial charge in [-0.05, 0) is 71.5 Å². The Morgan fingerprint density at radius 1 is 1.10 bits per heavy atom. The Morgan fingerprint density at radius 3 is 2.50 bits per heavy atom. The molecule has 150 valence electrons. The van der Waals surface area contributed by atoms with Gasteiger partial charge in [0.25, 0.3) is 5.91 Å². The minimum atomic E-state index is -0.450. The average Bonchev–Trinajstić information content (AvgIpc) is 2.75. The van der Waals surface area contributed by atoms with Crippen LogP contribution in [0.1, 0.15) is 29.2 Å². The summed E-state index contributed by atoms with van der Waals surface area (Å²) < 4.78 is 1.00. The molecule has 0 atom stereocenters. The van der Waals surface area contributed by atoms with Crippen LogP contribution in [0.25, 0.3) is 6.08 Å². The Morgan fingerprint density at radius 2 is 1.83 bits per heavy atom. The van der Waals surface area contributed by atoms with Gasteiger partial charge < -0.3 is 5.32 Å². The molecule has 3 aromatic carbocycles. The normalized spacial score (nSPS) is 11.1. The lowest BCUT2D eigenvalue weighted by molar-refractivity contribution is -0.112. The van der Waals surface area contributed by atoms with Crippen molar-refractivity contribution in [3.05, 3.63) is 104 Å². The van der Waals surface area contributed by atoms with E-state index in [9.17, 15) is 10.1 Å². The number of anilines is 1. The number of amides is 1.